The molecule has 2 N–H and O–H groups in total. The Bertz CT molecular complexity index is 954. The fourth-order valence-electron chi connectivity index (χ4n) is 3.58. The van der Waals surface area contributed by atoms with Gasteiger partial charge < -0.3 is 24.4 Å². The second kappa shape index (κ2) is 12.6. The quantitative estimate of drug-likeness (QED) is 0.452. The lowest BCUT2D eigenvalue weighted by Gasteiger charge is -2.27. The first-order valence-corrected chi connectivity index (χ1v) is 12.0. The number of unbranched alkanes of at least 4 members (excludes halogenated alkanes) is 1. The summed E-state index contributed by atoms with van der Waals surface area (Å²) in [6.07, 6.45) is 2.84. The van der Waals surface area contributed by atoms with E-state index in [2.05, 4.69) is 10.7 Å². The molecule has 0 bridgehead atoms. The summed E-state index contributed by atoms with van der Waals surface area (Å²) in [7, 11) is 1.58. The largest absolute Gasteiger partial charge is 0.487 e. The molecule has 1 fully saturated rings. The normalized spacial score (nSPS) is 16.7. The summed E-state index contributed by atoms with van der Waals surface area (Å²) in [4.78, 5) is 52.3. The molecule has 2 heterocycles. The number of carbonyl (C=O) groups is 3. The van der Waals surface area contributed by atoms with E-state index in [1.165, 1.54) is 12.3 Å². The van der Waals surface area contributed by atoms with Gasteiger partial charge in [0.1, 0.15) is 5.60 Å². The van der Waals surface area contributed by atoms with E-state index in [0.29, 0.717) is 25.8 Å². The third kappa shape index (κ3) is 8.27. The van der Waals surface area contributed by atoms with Gasteiger partial charge in [0.25, 0.3) is 5.91 Å². The number of hydrogen-bond donors (Lipinski definition) is 2. The summed E-state index contributed by atoms with van der Waals surface area (Å²) in [5.41, 5.74) is 1.08. The van der Waals surface area contributed by atoms with E-state index in [1.54, 1.807) is 32.8 Å². The highest BCUT2D eigenvalue weighted by atomic mass is 16.6. The van der Waals surface area contributed by atoms with Crippen LogP contribution in [0, 0.1) is 0 Å². The maximum absolute atomic E-state index is 13.3. The van der Waals surface area contributed by atoms with Crippen molar-refractivity contribution in [3.05, 3.63) is 28.2 Å². The molecule has 0 spiro atoms. The van der Waals surface area contributed by atoms with E-state index in [-0.39, 0.29) is 42.6 Å². The van der Waals surface area contributed by atoms with Gasteiger partial charge in [-0.2, -0.15) is 0 Å². The van der Waals surface area contributed by atoms with Crippen LogP contribution in [-0.2, 0) is 14.3 Å². The summed E-state index contributed by atoms with van der Waals surface area (Å²) in [5, 5.41) is 2.80. The van der Waals surface area contributed by atoms with Gasteiger partial charge in [0.15, 0.2) is 11.4 Å². The Morgan fingerprint density at radius 1 is 1.26 bits per heavy atom. The molecular weight excluding hydrogens is 456 g/mol. The molecular formula is C24H38N4O7. The van der Waals surface area contributed by atoms with Gasteiger partial charge in [-0.25, -0.2) is 14.9 Å². The van der Waals surface area contributed by atoms with Crippen molar-refractivity contribution in [2.24, 2.45) is 0 Å². The summed E-state index contributed by atoms with van der Waals surface area (Å²) in [6, 6.07) is 0.995. The fourth-order valence-corrected chi connectivity index (χ4v) is 3.58. The van der Waals surface area contributed by atoms with Crippen molar-refractivity contribution < 1.29 is 28.6 Å². The van der Waals surface area contributed by atoms with E-state index in [0.717, 1.165) is 11.1 Å². The van der Waals surface area contributed by atoms with Gasteiger partial charge in [0.2, 0.25) is 11.3 Å². The molecule has 11 heteroatoms. The van der Waals surface area contributed by atoms with Crippen LogP contribution in [0.25, 0.3) is 0 Å². The number of aromatic nitrogens is 1. The van der Waals surface area contributed by atoms with Crippen LogP contribution in [0.4, 0.5) is 4.79 Å². The van der Waals surface area contributed by atoms with Gasteiger partial charge in [0, 0.05) is 44.9 Å². The van der Waals surface area contributed by atoms with Gasteiger partial charge in [-0.1, -0.05) is 13.3 Å². The SMILES string of the molecule is CCCCOc1c(C(=O)NC[C@@H]2CCC(=O)N2CC(C)OC)n(NC(=O)OC(C)(C)C)ccc1=O. The van der Waals surface area contributed by atoms with Gasteiger partial charge >= 0.3 is 6.09 Å². The lowest BCUT2D eigenvalue weighted by molar-refractivity contribution is -0.130. The van der Waals surface area contributed by atoms with E-state index in [4.69, 9.17) is 14.2 Å². The molecule has 1 aromatic heterocycles. The number of ether oxygens (including phenoxy) is 3. The van der Waals surface area contributed by atoms with Gasteiger partial charge in [-0.3, -0.25) is 14.4 Å². The van der Waals surface area contributed by atoms with Crippen molar-refractivity contribution in [3.63, 3.8) is 0 Å². The molecule has 3 amide bonds. The minimum absolute atomic E-state index is 0.0000473. The first kappa shape index (κ1) is 28.2. The first-order chi connectivity index (χ1) is 16.5. The van der Waals surface area contributed by atoms with Crippen LogP contribution in [0.2, 0.25) is 0 Å². The highest BCUT2D eigenvalue weighted by Gasteiger charge is 2.33. The molecule has 1 unspecified atom stereocenters. The van der Waals surface area contributed by atoms with Gasteiger partial charge in [0.05, 0.1) is 12.7 Å². The van der Waals surface area contributed by atoms with Crippen molar-refractivity contribution in [1.82, 2.24) is 14.9 Å². The number of hydrogen-bond acceptors (Lipinski definition) is 7. The van der Waals surface area contributed by atoms with Crippen molar-refractivity contribution in [1.29, 1.82) is 0 Å². The summed E-state index contributed by atoms with van der Waals surface area (Å²) in [6.45, 7) is 9.80. The Morgan fingerprint density at radius 3 is 2.60 bits per heavy atom. The number of likely N-dealkylation sites (tertiary alicyclic amines) is 1. The van der Waals surface area contributed by atoms with Crippen molar-refractivity contribution >= 4 is 17.9 Å². The van der Waals surface area contributed by atoms with E-state index in [1.807, 2.05) is 13.8 Å². The molecule has 0 aromatic carbocycles. The Kier molecular flexibility index (Phi) is 10.1. The molecule has 2 atom stereocenters. The van der Waals surface area contributed by atoms with E-state index >= 15 is 0 Å². The molecule has 1 aliphatic rings. The fraction of sp³-hybridized carbons (Fsp3) is 0.667. The van der Waals surface area contributed by atoms with Crippen LogP contribution in [0.5, 0.6) is 5.75 Å². The maximum atomic E-state index is 13.3. The molecule has 0 saturated carbocycles. The van der Waals surface area contributed by atoms with Crippen LogP contribution in [0.1, 0.15) is 70.8 Å². The number of carbonyl (C=O) groups excluding carboxylic acids is 3. The van der Waals surface area contributed by atoms with Crippen LogP contribution in [0.3, 0.4) is 0 Å². The molecule has 2 rings (SSSR count). The van der Waals surface area contributed by atoms with Crippen LogP contribution in [0.15, 0.2) is 17.1 Å². The Labute approximate surface area is 206 Å². The Morgan fingerprint density at radius 2 is 1.97 bits per heavy atom. The summed E-state index contributed by atoms with van der Waals surface area (Å²) in [5.74, 6) is -0.786. The predicted molar refractivity (Wildman–Crippen MR) is 130 cm³/mol. The average Bonchev–Trinajstić information content (AvgIpc) is 3.12. The highest BCUT2D eigenvalue weighted by Crippen LogP contribution is 2.20. The zero-order valence-electron chi connectivity index (χ0n) is 21.5. The molecule has 11 nitrogen and oxygen atoms in total. The first-order valence-electron chi connectivity index (χ1n) is 12.0. The molecule has 35 heavy (non-hydrogen) atoms. The van der Waals surface area contributed by atoms with Gasteiger partial charge in [-0.15, -0.1) is 0 Å². The second-order valence-electron chi connectivity index (χ2n) is 9.54. The van der Waals surface area contributed by atoms with E-state index < -0.39 is 23.0 Å². The Hall–Kier alpha value is -3.08. The number of nitrogens with one attached hydrogen (secondary N) is 2. The van der Waals surface area contributed by atoms with Crippen LogP contribution in [-0.4, -0.2) is 72.0 Å². The third-order valence-electron chi connectivity index (χ3n) is 5.43. The topological polar surface area (TPSA) is 128 Å². The van der Waals surface area contributed by atoms with Crippen molar-refractivity contribution in [2.75, 3.05) is 32.2 Å². The molecule has 1 aromatic rings. The number of nitrogens with zero attached hydrogens (tertiary/aromatic N) is 2. The number of amides is 3. The van der Waals surface area contributed by atoms with Crippen LogP contribution >= 0.6 is 0 Å². The molecule has 0 radical (unpaired) electrons. The minimum Gasteiger partial charge on any atom is -0.487 e. The highest BCUT2D eigenvalue weighted by molar-refractivity contribution is 5.96. The second-order valence-corrected chi connectivity index (χ2v) is 9.54. The number of rotatable bonds is 11. The smallest absolute Gasteiger partial charge is 0.426 e. The monoisotopic (exact) mass is 494 g/mol. The summed E-state index contributed by atoms with van der Waals surface area (Å²) >= 11 is 0. The summed E-state index contributed by atoms with van der Waals surface area (Å²) < 4.78 is 17.3. The van der Waals surface area contributed by atoms with Crippen LogP contribution < -0.4 is 20.9 Å². The number of pyridine rings is 1. The zero-order chi connectivity index (χ0) is 26.2. The third-order valence-corrected chi connectivity index (χ3v) is 5.43. The molecule has 196 valence electrons. The average molecular weight is 495 g/mol. The number of methoxy groups -OCH3 is 1. The minimum atomic E-state index is -0.796. The molecule has 1 saturated heterocycles. The van der Waals surface area contributed by atoms with Gasteiger partial charge in [-0.05, 0) is 40.5 Å². The van der Waals surface area contributed by atoms with Crippen molar-refractivity contribution in [3.8, 4) is 5.75 Å². The predicted octanol–water partition coefficient (Wildman–Crippen LogP) is 2.26. The van der Waals surface area contributed by atoms with E-state index in [9.17, 15) is 19.2 Å². The van der Waals surface area contributed by atoms with Crippen molar-refractivity contribution in [2.45, 2.75) is 78.0 Å². The lowest BCUT2D eigenvalue weighted by atomic mass is 10.2. The standard InChI is InChI=1S/C24H38N4O7/c1-7-8-13-34-21-18(29)11-12-28(26-23(32)35-24(3,4)5)20(21)22(31)25-14-17-9-10-19(30)27(17)15-16(2)33-6/h11-12,16-17H,7-10,13-15H2,1-6H3,(H,25,31)(H,26,32)/t16?,17-/m0/s1. The molecule has 1 aliphatic heterocycles. The Balaban J connectivity index is 2.27. The molecule has 0 aliphatic carbocycles. The maximum Gasteiger partial charge on any atom is 0.426 e. The lowest BCUT2D eigenvalue weighted by Crippen LogP contribution is -2.45. The zero-order valence-corrected chi connectivity index (χ0v) is 21.5.